The number of hydrogen-bond donors (Lipinski definition) is 2. The van der Waals surface area contributed by atoms with E-state index in [0.717, 1.165) is 16.7 Å². The Balaban J connectivity index is 2.21. The van der Waals surface area contributed by atoms with Crippen molar-refractivity contribution in [2.45, 2.75) is 19.4 Å². The number of halogens is 1. The summed E-state index contributed by atoms with van der Waals surface area (Å²) in [5, 5.41) is 13.0. The minimum absolute atomic E-state index is 0.320. The third-order valence-corrected chi connectivity index (χ3v) is 3.10. The molecule has 0 aliphatic carbocycles. The number of aromatic nitrogens is 2. The average Bonchev–Trinajstić information content (AvgIpc) is 2.69. The van der Waals surface area contributed by atoms with Gasteiger partial charge in [-0.25, -0.2) is 0 Å². The van der Waals surface area contributed by atoms with Crippen LogP contribution in [-0.2, 0) is 0 Å². The number of rotatable bonds is 4. The van der Waals surface area contributed by atoms with Crippen LogP contribution in [0.25, 0.3) is 11.0 Å². The number of aliphatic hydroxyl groups is 1. The summed E-state index contributed by atoms with van der Waals surface area (Å²) in [7, 11) is 0. The first-order chi connectivity index (χ1) is 7.68. The standard InChI is InChI=1S/C10H12ClN3OS/c1-6(15)4-5-12-9-7(11)2-3-8-10(9)14-16-13-8/h2-3,6,12,15H,4-5H2,1H3. The Hall–Kier alpha value is -0.910. The van der Waals surface area contributed by atoms with Crippen molar-refractivity contribution < 1.29 is 5.11 Å². The second kappa shape index (κ2) is 4.95. The van der Waals surface area contributed by atoms with Crippen LogP contribution in [-0.4, -0.2) is 26.5 Å². The Morgan fingerprint density at radius 2 is 2.31 bits per heavy atom. The van der Waals surface area contributed by atoms with Gasteiger partial charge in [-0.3, -0.25) is 0 Å². The van der Waals surface area contributed by atoms with Gasteiger partial charge in [0.15, 0.2) is 0 Å². The van der Waals surface area contributed by atoms with Crippen molar-refractivity contribution in [2.24, 2.45) is 0 Å². The molecule has 1 aromatic heterocycles. The van der Waals surface area contributed by atoms with Crippen molar-refractivity contribution in [3.63, 3.8) is 0 Å². The van der Waals surface area contributed by atoms with Gasteiger partial charge in [-0.05, 0) is 25.5 Å². The predicted molar refractivity (Wildman–Crippen MR) is 67.2 cm³/mol. The fourth-order valence-corrected chi connectivity index (χ4v) is 2.16. The molecule has 2 rings (SSSR count). The molecule has 1 atom stereocenters. The quantitative estimate of drug-likeness (QED) is 0.884. The molecule has 0 amide bonds. The van der Waals surface area contributed by atoms with Crippen LogP contribution in [0.4, 0.5) is 5.69 Å². The molecule has 6 heteroatoms. The van der Waals surface area contributed by atoms with Crippen LogP contribution >= 0.6 is 23.3 Å². The van der Waals surface area contributed by atoms with Crippen molar-refractivity contribution in [3.05, 3.63) is 17.2 Å². The second-order valence-electron chi connectivity index (χ2n) is 3.62. The van der Waals surface area contributed by atoms with E-state index in [1.165, 1.54) is 11.7 Å². The summed E-state index contributed by atoms with van der Waals surface area (Å²) in [6.07, 6.45) is 0.351. The molecule has 0 radical (unpaired) electrons. The summed E-state index contributed by atoms with van der Waals surface area (Å²) in [4.78, 5) is 0. The maximum atomic E-state index is 9.17. The number of nitrogens with zero attached hydrogens (tertiary/aromatic N) is 2. The highest BCUT2D eigenvalue weighted by Crippen LogP contribution is 2.29. The molecule has 86 valence electrons. The minimum atomic E-state index is -0.320. The molecular weight excluding hydrogens is 246 g/mol. The lowest BCUT2D eigenvalue weighted by Crippen LogP contribution is -2.10. The van der Waals surface area contributed by atoms with E-state index in [4.69, 9.17) is 11.6 Å². The molecular formula is C10H12ClN3OS. The first-order valence-corrected chi connectivity index (χ1v) is 6.12. The molecule has 1 heterocycles. The van der Waals surface area contributed by atoms with E-state index in [1.807, 2.05) is 6.07 Å². The van der Waals surface area contributed by atoms with Gasteiger partial charge in [-0.1, -0.05) is 11.6 Å². The molecule has 0 fully saturated rings. The van der Waals surface area contributed by atoms with Crippen molar-refractivity contribution >= 4 is 40.0 Å². The highest BCUT2D eigenvalue weighted by Gasteiger charge is 2.09. The lowest BCUT2D eigenvalue weighted by Gasteiger charge is -2.09. The van der Waals surface area contributed by atoms with Crippen LogP contribution in [0.15, 0.2) is 12.1 Å². The van der Waals surface area contributed by atoms with Crippen molar-refractivity contribution in [1.29, 1.82) is 0 Å². The number of hydrogen-bond acceptors (Lipinski definition) is 5. The van der Waals surface area contributed by atoms with E-state index in [-0.39, 0.29) is 6.10 Å². The molecule has 0 aliphatic heterocycles. The van der Waals surface area contributed by atoms with Gasteiger partial charge in [0.25, 0.3) is 0 Å². The monoisotopic (exact) mass is 257 g/mol. The van der Waals surface area contributed by atoms with Crippen LogP contribution in [0.2, 0.25) is 5.02 Å². The molecule has 0 aliphatic rings. The van der Waals surface area contributed by atoms with E-state index < -0.39 is 0 Å². The third kappa shape index (κ3) is 2.42. The van der Waals surface area contributed by atoms with Gasteiger partial charge in [0.2, 0.25) is 0 Å². The number of benzene rings is 1. The van der Waals surface area contributed by atoms with E-state index >= 15 is 0 Å². The normalized spacial score (nSPS) is 12.9. The Kier molecular flexibility index (Phi) is 3.58. The molecule has 2 aromatic rings. The first kappa shape index (κ1) is 11.6. The molecule has 16 heavy (non-hydrogen) atoms. The molecule has 0 bridgehead atoms. The van der Waals surface area contributed by atoms with Crippen molar-refractivity contribution in [3.8, 4) is 0 Å². The van der Waals surface area contributed by atoms with Crippen LogP contribution in [0.3, 0.4) is 0 Å². The predicted octanol–water partition coefficient (Wildman–Crippen LogP) is 2.53. The lowest BCUT2D eigenvalue weighted by molar-refractivity contribution is 0.189. The molecule has 0 saturated heterocycles. The lowest BCUT2D eigenvalue weighted by atomic mass is 10.2. The summed E-state index contributed by atoms with van der Waals surface area (Å²) in [6, 6.07) is 3.65. The van der Waals surface area contributed by atoms with E-state index in [0.29, 0.717) is 18.0 Å². The maximum absolute atomic E-state index is 9.17. The molecule has 1 unspecified atom stereocenters. The second-order valence-corrected chi connectivity index (χ2v) is 4.55. The van der Waals surface area contributed by atoms with Crippen LogP contribution < -0.4 is 5.32 Å². The third-order valence-electron chi connectivity index (χ3n) is 2.24. The highest BCUT2D eigenvalue weighted by atomic mass is 35.5. The van der Waals surface area contributed by atoms with Gasteiger partial charge in [0, 0.05) is 6.54 Å². The molecule has 1 aromatic carbocycles. The number of anilines is 1. The van der Waals surface area contributed by atoms with Crippen LogP contribution in [0.5, 0.6) is 0 Å². The largest absolute Gasteiger partial charge is 0.393 e. The smallest absolute Gasteiger partial charge is 0.129 e. The van der Waals surface area contributed by atoms with Crippen LogP contribution in [0.1, 0.15) is 13.3 Å². The molecule has 0 spiro atoms. The van der Waals surface area contributed by atoms with Gasteiger partial charge in [0.05, 0.1) is 28.5 Å². The average molecular weight is 258 g/mol. The Morgan fingerprint density at radius 1 is 1.50 bits per heavy atom. The van der Waals surface area contributed by atoms with Crippen LogP contribution in [0, 0.1) is 0 Å². The zero-order valence-corrected chi connectivity index (χ0v) is 10.3. The number of aliphatic hydroxyl groups excluding tert-OH is 1. The summed E-state index contributed by atoms with van der Waals surface area (Å²) >= 11 is 7.25. The molecule has 2 N–H and O–H groups in total. The Bertz CT molecular complexity index is 486. The van der Waals surface area contributed by atoms with E-state index in [2.05, 4.69) is 14.1 Å². The zero-order chi connectivity index (χ0) is 11.5. The van der Waals surface area contributed by atoms with Crippen molar-refractivity contribution in [1.82, 2.24) is 8.75 Å². The number of nitrogens with one attached hydrogen (secondary N) is 1. The van der Waals surface area contributed by atoms with Gasteiger partial charge < -0.3 is 10.4 Å². The fraction of sp³-hybridized carbons (Fsp3) is 0.400. The Morgan fingerprint density at radius 3 is 3.06 bits per heavy atom. The van der Waals surface area contributed by atoms with E-state index in [1.54, 1.807) is 13.0 Å². The minimum Gasteiger partial charge on any atom is -0.393 e. The fourth-order valence-electron chi connectivity index (χ4n) is 1.40. The van der Waals surface area contributed by atoms with E-state index in [9.17, 15) is 5.11 Å². The van der Waals surface area contributed by atoms with Gasteiger partial charge in [0.1, 0.15) is 11.0 Å². The first-order valence-electron chi connectivity index (χ1n) is 5.01. The van der Waals surface area contributed by atoms with Crippen molar-refractivity contribution in [2.75, 3.05) is 11.9 Å². The summed E-state index contributed by atoms with van der Waals surface area (Å²) < 4.78 is 8.34. The maximum Gasteiger partial charge on any atom is 0.129 e. The highest BCUT2D eigenvalue weighted by molar-refractivity contribution is 7.00. The summed E-state index contributed by atoms with van der Waals surface area (Å²) in [5.74, 6) is 0. The van der Waals surface area contributed by atoms with Gasteiger partial charge in [-0.2, -0.15) is 8.75 Å². The topological polar surface area (TPSA) is 58.0 Å². The Labute approximate surface area is 103 Å². The molecule has 4 nitrogen and oxygen atoms in total. The van der Waals surface area contributed by atoms with Gasteiger partial charge >= 0.3 is 0 Å². The SMILES string of the molecule is CC(O)CCNc1c(Cl)ccc2nsnc12. The number of fused-ring (bicyclic) bond motifs is 1. The van der Waals surface area contributed by atoms with Gasteiger partial charge in [-0.15, -0.1) is 0 Å². The zero-order valence-electron chi connectivity index (χ0n) is 8.77. The summed E-state index contributed by atoms with van der Waals surface area (Å²) in [6.45, 7) is 2.42. The molecule has 0 saturated carbocycles. The summed E-state index contributed by atoms with van der Waals surface area (Å²) in [5.41, 5.74) is 2.44.